The molecule has 2 aliphatic rings. The number of hydrogen-bond donors (Lipinski definition) is 0. The Morgan fingerprint density at radius 3 is 2.00 bits per heavy atom. The molecule has 3 heterocycles. The van der Waals surface area contributed by atoms with E-state index in [0.29, 0.717) is 45.1 Å². The first-order valence-corrected chi connectivity index (χ1v) is 9.71. The van der Waals surface area contributed by atoms with Gasteiger partial charge in [0.2, 0.25) is 0 Å². The van der Waals surface area contributed by atoms with E-state index in [1.807, 2.05) is 4.90 Å². The second-order valence-electron chi connectivity index (χ2n) is 6.26. The van der Waals surface area contributed by atoms with E-state index in [0.717, 1.165) is 31.5 Å². The number of nitrogens with zero attached hydrogens (tertiary/aromatic N) is 4. The summed E-state index contributed by atoms with van der Waals surface area (Å²) in [5.41, 5.74) is -0.789. The van der Waals surface area contributed by atoms with Crippen molar-refractivity contribution >= 4 is 16.0 Å². The van der Waals surface area contributed by atoms with Crippen LogP contribution in [0.1, 0.15) is 24.8 Å². The van der Waals surface area contributed by atoms with Crippen LogP contribution in [0.15, 0.2) is 18.3 Å². The predicted octanol–water partition coefficient (Wildman–Crippen LogP) is 1.95. The van der Waals surface area contributed by atoms with Crippen molar-refractivity contribution in [2.45, 2.75) is 25.4 Å². The number of anilines is 1. The zero-order valence-electron chi connectivity index (χ0n) is 13.7. The molecule has 0 N–H and O–H groups in total. The lowest BCUT2D eigenvalue weighted by Crippen LogP contribution is -2.54. The third-order valence-corrected chi connectivity index (χ3v) is 6.64. The molecule has 3 rings (SSSR count). The fourth-order valence-electron chi connectivity index (χ4n) is 3.15. The summed E-state index contributed by atoms with van der Waals surface area (Å²) in [4.78, 5) is 5.68. The zero-order chi connectivity index (χ0) is 18.1. The number of rotatable bonds is 3. The fraction of sp³-hybridized carbons (Fsp3) is 0.667. The topological polar surface area (TPSA) is 56.8 Å². The second-order valence-corrected chi connectivity index (χ2v) is 8.18. The number of aromatic nitrogens is 1. The van der Waals surface area contributed by atoms with Crippen LogP contribution < -0.4 is 4.90 Å². The van der Waals surface area contributed by atoms with Crippen molar-refractivity contribution in [1.29, 1.82) is 0 Å². The average molecular weight is 378 g/mol. The highest BCUT2D eigenvalue weighted by Crippen LogP contribution is 2.29. The van der Waals surface area contributed by atoms with Gasteiger partial charge in [-0.3, -0.25) is 0 Å². The van der Waals surface area contributed by atoms with Gasteiger partial charge in [0, 0.05) is 45.5 Å². The van der Waals surface area contributed by atoms with E-state index in [-0.39, 0.29) is 0 Å². The van der Waals surface area contributed by atoms with Gasteiger partial charge >= 0.3 is 6.18 Å². The quantitative estimate of drug-likeness (QED) is 0.807. The van der Waals surface area contributed by atoms with Gasteiger partial charge in [0.15, 0.2) is 0 Å². The number of hydrogen-bond acceptors (Lipinski definition) is 4. The molecular formula is C15H21F3N4O2S. The third kappa shape index (κ3) is 4.06. The van der Waals surface area contributed by atoms with Crippen molar-refractivity contribution in [2.24, 2.45) is 0 Å². The maximum absolute atomic E-state index is 12.6. The van der Waals surface area contributed by atoms with Crippen molar-refractivity contribution in [3.63, 3.8) is 0 Å². The molecule has 0 bridgehead atoms. The maximum atomic E-state index is 12.6. The highest BCUT2D eigenvalue weighted by Gasteiger charge is 2.34. The monoisotopic (exact) mass is 378 g/mol. The average Bonchev–Trinajstić information content (AvgIpc) is 2.62. The van der Waals surface area contributed by atoms with Crippen LogP contribution in [0.25, 0.3) is 0 Å². The van der Waals surface area contributed by atoms with Crippen LogP contribution in [0, 0.1) is 0 Å². The van der Waals surface area contributed by atoms with Crippen LogP contribution in [0.4, 0.5) is 19.0 Å². The van der Waals surface area contributed by atoms with Gasteiger partial charge in [-0.05, 0) is 25.0 Å². The van der Waals surface area contributed by atoms with Crippen molar-refractivity contribution in [3.8, 4) is 0 Å². The number of piperidine rings is 1. The van der Waals surface area contributed by atoms with Crippen LogP contribution in [-0.2, 0) is 16.4 Å². The van der Waals surface area contributed by atoms with Crippen LogP contribution in [0.3, 0.4) is 0 Å². The molecule has 2 saturated heterocycles. The predicted molar refractivity (Wildman–Crippen MR) is 87.4 cm³/mol. The number of halogens is 3. The van der Waals surface area contributed by atoms with Crippen molar-refractivity contribution in [2.75, 3.05) is 44.2 Å². The van der Waals surface area contributed by atoms with Crippen LogP contribution in [-0.4, -0.2) is 61.3 Å². The number of pyridine rings is 1. The normalized spacial score (nSPS) is 21.5. The Balaban J connectivity index is 1.61. The van der Waals surface area contributed by atoms with E-state index >= 15 is 0 Å². The van der Waals surface area contributed by atoms with Crippen molar-refractivity contribution < 1.29 is 21.6 Å². The molecular weight excluding hydrogens is 357 g/mol. The van der Waals surface area contributed by atoms with Crippen LogP contribution in [0.2, 0.25) is 0 Å². The van der Waals surface area contributed by atoms with Gasteiger partial charge in [0.05, 0.1) is 5.56 Å². The molecule has 0 radical (unpaired) electrons. The molecule has 0 spiro atoms. The van der Waals surface area contributed by atoms with E-state index in [1.165, 1.54) is 14.7 Å². The summed E-state index contributed by atoms with van der Waals surface area (Å²) in [7, 11) is -3.45. The molecule has 140 valence electrons. The van der Waals surface area contributed by atoms with Gasteiger partial charge in [-0.2, -0.15) is 30.2 Å². The van der Waals surface area contributed by atoms with Gasteiger partial charge in [-0.15, -0.1) is 0 Å². The molecule has 1 aromatic rings. The van der Waals surface area contributed by atoms with Crippen molar-refractivity contribution in [3.05, 3.63) is 23.9 Å². The van der Waals surface area contributed by atoms with Crippen LogP contribution in [0.5, 0.6) is 0 Å². The minimum absolute atomic E-state index is 0.307. The molecule has 0 saturated carbocycles. The standard InChI is InChI=1S/C15H21F3N4O2S/c16-15(17,18)13-4-5-14(19-12-13)20-8-10-22(11-9-20)25(23,24)21-6-2-1-3-7-21/h4-5,12H,1-3,6-11H2. The molecule has 1 aromatic heterocycles. The zero-order valence-corrected chi connectivity index (χ0v) is 14.6. The summed E-state index contributed by atoms with van der Waals surface area (Å²) in [6.45, 7) is 2.55. The first-order chi connectivity index (χ1) is 11.8. The van der Waals surface area contributed by atoms with E-state index in [2.05, 4.69) is 4.98 Å². The molecule has 0 unspecified atom stereocenters. The van der Waals surface area contributed by atoms with Gasteiger partial charge in [0.25, 0.3) is 10.2 Å². The summed E-state index contributed by atoms with van der Waals surface area (Å²) in [5, 5.41) is 0. The van der Waals surface area contributed by atoms with E-state index < -0.39 is 21.9 Å². The fourth-order valence-corrected chi connectivity index (χ4v) is 4.82. The molecule has 0 amide bonds. The Bertz CT molecular complexity index is 680. The van der Waals surface area contributed by atoms with Crippen LogP contribution >= 0.6 is 0 Å². The van der Waals surface area contributed by atoms with E-state index in [9.17, 15) is 21.6 Å². The molecule has 10 heteroatoms. The summed E-state index contributed by atoms with van der Waals surface area (Å²) in [6, 6.07) is 2.33. The first-order valence-electron chi connectivity index (χ1n) is 8.32. The minimum Gasteiger partial charge on any atom is -0.354 e. The van der Waals surface area contributed by atoms with E-state index in [4.69, 9.17) is 0 Å². The van der Waals surface area contributed by atoms with Gasteiger partial charge < -0.3 is 4.90 Å². The Hall–Kier alpha value is -1.39. The largest absolute Gasteiger partial charge is 0.417 e. The number of alkyl halides is 3. The highest BCUT2D eigenvalue weighted by molar-refractivity contribution is 7.86. The smallest absolute Gasteiger partial charge is 0.354 e. The van der Waals surface area contributed by atoms with Gasteiger partial charge in [0.1, 0.15) is 5.82 Å². The first kappa shape index (κ1) is 18.4. The lowest BCUT2D eigenvalue weighted by molar-refractivity contribution is -0.137. The molecule has 2 fully saturated rings. The lowest BCUT2D eigenvalue weighted by atomic mass is 10.2. The Kier molecular flexibility index (Phi) is 5.21. The Morgan fingerprint density at radius 1 is 0.880 bits per heavy atom. The molecule has 2 aliphatic heterocycles. The Morgan fingerprint density at radius 2 is 1.48 bits per heavy atom. The van der Waals surface area contributed by atoms with E-state index in [1.54, 1.807) is 0 Å². The molecule has 0 aromatic carbocycles. The molecule has 25 heavy (non-hydrogen) atoms. The molecule has 0 atom stereocenters. The maximum Gasteiger partial charge on any atom is 0.417 e. The van der Waals surface area contributed by atoms with Gasteiger partial charge in [-0.25, -0.2) is 4.98 Å². The summed E-state index contributed by atoms with van der Waals surface area (Å²) in [6.07, 6.45) is -0.776. The minimum atomic E-state index is -4.41. The summed E-state index contributed by atoms with van der Waals surface area (Å²) < 4.78 is 66.0. The van der Waals surface area contributed by atoms with Crippen molar-refractivity contribution in [1.82, 2.24) is 13.6 Å². The second kappa shape index (κ2) is 7.08. The highest BCUT2D eigenvalue weighted by atomic mass is 32.2. The summed E-state index contributed by atoms with van der Waals surface area (Å²) >= 11 is 0. The summed E-state index contributed by atoms with van der Waals surface area (Å²) in [5.74, 6) is 0.433. The number of piperazine rings is 1. The SMILES string of the molecule is O=S(=O)(N1CCCCC1)N1CCN(c2ccc(C(F)(F)F)cn2)CC1. The Labute approximate surface area is 145 Å². The third-order valence-electron chi connectivity index (χ3n) is 4.61. The molecule has 6 nitrogen and oxygen atoms in total. The lowest BCUT2D eigenvalue weighted by Gasteiger charge is -2.38. The molecule has 0 aliphatic carbocycles. The van der Waals surface area contributed by atoms with Gasteiger partial charge in [-0.1, -0.05) is 6.42 Å².